The first-order valence-corrected chi connectivity index (χ1v) is 4.18. The molecule has 1 aromatic rings. The molecule has 3 heteroatoms. The minimum atomic E-state index is 0.488. The van der Waals surface area contributed by atoms with E-state index in [1.54, 1.807) is 0 Å². The third kappa shape index (κ3) is 2.28. The summed E-state index contributed by atoms with van der Waals surface area (Å²) in [5.41, 5.74) is 1.07. The van der Waals surface area contributed by atoms with Crippen molar-refractivity contribution < 1.29 is 0 Å². The van der Waals surface area contributed by atoms with Crippen LogP contribution in [0.1, 0.15) is 0 Å². The lowest BCUT2D eigenvalue weighted by Gasteiger charge is -2.14. The molecule has 0 saturated heterocycles. The van der Waals surface area contributed by atoms with E-state index in [2.05, 4.69) is 0 Å². The monoisotopic (exact) mass is 189 g/mol. The predicted molar refractivity (Wildman–Crippen MR) is 50.6 cm³/mol. The minimum absolute atomic E-state index is 0.488. The third-order valence-electron chi connectivity index (χ3n) is 1.45. The highest BCUT2D eigenvalue weighted by atomic mass is 35.5. The molecule has 0 atom stereocenters. The molecule has 0 aliphatic carbocycles. The van der Waals surface area contributed by atoms with Crippen LogP contribution in [0.2, 0.25) is 5.02 Å². The number of anilines is 1. The molecule has 0 saturated carbocycles. The zero-order chi connectivity index (χ0) is 8.27. The van der Waals surface area contributed by atoms with Crippen molar-refractivity contribution in [2.75, 3.05) is 18.0 Å². The fourth-order valence-corrected chi connectivity index (χ4v) is 1.03. The van der Waals surface area contributed by atoms with Crippen molar-refractivity contribution in [2.45, 2.75) is 0 Å². The number of rotatable bonds is 2. The Morgan fingerprint density at radius 2 is 1.82 bits per heavy atom. The Morgan fingerprint density at radius 1 is 1.27 bits per heavy atom. The van der Waals surface area contributed by atoms with E-state index >= 15 is 0 Å². The quantitative estimate of drug-likeness (QED) is 0.511. The molecule has 0 aliphatic rings. The molecular weight excluding hydrogens is 181 g/mol. The van der Waals surface area contributed by atoms with Crippen LogP contribution in [-0.4, -0.2) is 13.1 Å². The van der Waals surface area contributed by atoms with Gasteiger partial charge in [-0.25, -0.2) is 0 Å². The van der Waals surface area contributed by atoms with Crippen molar-refractivity contribution in [1.82, 2.24) is 0 Å². The van der Waals surface area contributed by atoms with E-state index in [0.29, 0.717) is 6.00 Å². The summed E-state index contributed by atoms with van der Waals surface area (Å²) in [5.74, 6) is 0. The van der Waals surface area contributed by atoms with Crippen LogP contribution in [0.15, 0.2) is 24.3 Å². The number of benzene rings is 1. The SMILES string of the molecule is CN(CCl)c1ccc(Cl)cc1. The van der Waals surface area contributed by atoms with Crippen molar-refractivity contribution in [3.63, 3.8) is 0 Å². The molecule has 0 spiro atoms. The van der Waals surface area contributed by atoms with E-state index in [9.17, 15) is 0 Å². The standard InChI is InChI=1S/C8H9Cl2N/c1-11(6-9)8-4-2-7(10)3-5-8/h2-5H,6H2,1H3. The average molecular weight is 190 g/mol. The fraction of sp³-hybridized carbons (Fsp3) is 0.250. The molecule has 0 N–H and O–H groups in total. The van der Waals surface area contributed by atoms with Crippen LogP contribution < -0.4 is 4.90 Å². The summed E-state index contributed by atoms with van der Waals surface area (Å²) in [6.07, 6.45) is 0. The zero-order valence-corrected chi connectivity index (χ0v) is 7.73. The van der Waals surface area contributed by atoms with E-state index in [1.165, 1.54) is 0 Å². The van der Waals surface area contributed by atoms with Gasteiger partial charge in [0.05, 0.1) is 6.00 Å². The highest BCUT2D eigenvalue weighted by Gasteiger charge is 1.96. The molecule has 11 heavy (non-hydrogen) atoms. The van der Waals surface area contributed by atoms with E-state index in [1.807, 2.05) is 36.2 Å². The Bertz CT molecular complexity index is 220. The molecule has 0 aromatic heterocycles. The maximum Gasteiger partial charge on any atom is 0.0925 e. The maximum absolute atomic E-state index is 5.71. The van der Waals surface area contributed by atoms with Crippen LogP contribution >= 0.6 is 23.2 Å². The summed E-state index contributed by atoms with van der Waals surface area (Å²) < 4.78 is 0. The predicted octanol–water partition coefficient (Wildman–Crippen LogP) is 2.97. The van der Waals surface area contributed by atoms with Gasteiger partial charge in [-0.3, -0.25) is 0 Å². The van der Waals surface area contributed by atoms with Gasteiger partial charge in [-0.05, 0) is 24.3 Å². The largest absolute Gasteiger partial charge is 0.361 e. The lowest BCUT2D eigenvalue weighted by atomic mass is 10.3. The van der Waals surface area contributed by atoms with Gasteiger partial charge in [0, 0.05) is 17.8 Å². The van der Waals surface area contributed by atoms with Crippen LogP contribution in [-0.2, 0) is 0 Å². The summed E-state index contributed by atoms with van der Waals surface area (Å²) in [6, 6.07) is 8.05. The fourth-order valence-electron chi connectivity index (χ4n) is 0.765. The summed E-state index contributed by atoms with van der Waals surface area (Å²) in [4.78, 5) is 1.93. The topological polar surface area (TPSA) is 3.24 Å². The Hall–Kier alpha value is -0.400. The molecule has 1 rings (SSSR count). The van der Waals surface area contributed by atoms with Crippen LogP contribution in [0, 0.1) is 0 Å². The Labute approximate surface area is 76.5 Å². The third-order valence-corrected chi connectivity index (χ3v) is 2.06. The molecule has 0 amide bonds. The molecular formula is C8H9Cl2N. The molecule has 0 aliphatic heterocycles. The lowest BCUT2D eigenvalue weighted by molar-refractivity contribution is 1.09. The van der Waals surface area contributed by atoms with Gasteiger partial charge in [-0.1, -0.05) is 11.6 Å². The molecule has 1 aromatic carbocycles. The van der Waals surface area contributed by atoms with Gasteiger partial charge in [0.25, 0.3) is 0 Å². The first kappa shape index (κ1) is 8.69. The molecule has 0 radical (unpaired) electrons. The smallest absolute Gasteiger partial charge is 0.0925 e. The van der Waals surface area contributed by atoms with Gasteiger partial charge in [-0.15, -0.1) is 11.6 Å². The van der Waals surface area contributed by atoms with Gasteiger partial charge < -0.3 is 4.90 Å². The van der Waals surface area contributed by atoms with Crippen molar-refractivity contribution in [1.29, 1.82) is 0 Å². The average Bonchev–Trinajstić information content (AvgIpc) is 2.05. The van der Waals surface area contributed by atoms with Gasteiger partial charge in [0.1, 0.15) is 0 Å². The minimum Gasteiger partial charge on any atom is -0.361 e. The Kier molecular flexibility index (Phi) is 3.03. The second-order valence-corrected chi connectivity index (χ2v) is 2.97. The van der Waals surface area contributed by atoms with Crippen molar-refractivity contribution >= 4 is 28.9 Å². The van der Waals surface area contributed by atoms with Crippen LogP contribution in [0.4, 0.5) is 5.69 Å². The molecule has 60 valence electrons. The molecule has 0 bridgehead atoms. The summed E-state index contributed by atoms with van der Waals surface area (Å²) >= 11 is 11.3. The van der Waals surface area contributed by atoms with Gasteiger partial charge in [0.15, 0.2) is 0 Å². The summed E-state index contributed by atoms with van der Waals surface area (Å²) in [7, 11) is 1.93. The lowest BCUT2D eigenvalue weighted by Crippen LogP contribution is -2.13. The summed E-state index contributed by atoms with van der Waals surface area (Å²) in [6.45, 7) is 0. The highest BCUT2D eigenvalue weighted by molar-refractivity contribution is 6.30. The van der Waals surface area contributed by atoms with Crippen LogP contribution in [0.25, 0.3) is 0 Å². The van der Waals surface area contributed by atoms with E-state index in [4.69, 9.17) is 23.2 Å². The molecule has 0 unspecified atom stereocenters. The molecule has 0 fully saturated rings. The maximum atomic E-state index is 5.71. The zero-order valence-electron chi connectivity index (χ0n) is 6.22. The van der Waals surface area contributed by atoms with Gasteiger partial charge in [0.2, 0.25) is 0 Å². The number of hydrogen-bond acceptors (Lipinski definition) is 1. The van der Waals surface area contributed by atoms with Crippen LogP contribution in [0.3, 0.4) is 0 Å². The highest BCUT2D eigenvalue weighted by Crippen LogP contribution is 2.16. The molecule has 1 nitrogen and oxygen atoms in total. The van der Waals surface area contributed by atoms with Gasteiger partial charge >= 0.3 is 0 Å². The van der Waals surface area contributed by atoms with E-state index < -0.39 is 0 Å². The van der Waals surface area contributed by atoms with Crippen molar-refractivity contribution in [3.05, 3.63) is 29.3 Å². The van der Waals surface area contributed by atoms with E-state index in [0.717, 1.165) is 10.7 Å². The number of alkyl halides is 1. The normalized spacial score (nSPS) is 9.73. The number of halogens is 2. The second kappa shape index (κ2) is 3.84. The molecule has 0 heterocycles. The first-order chi connectivity index (χ1) is 5.24. The number of hydrogen-bond donors (Lipinski definition) is 0. The number of nitrogens with zero attached hydrogens (tertiary/aromatic N) is 1. The van der Waals surface area contributed by atoms with Crippen molar-refractivity contribution in [2.24, 2.45) is 0 Å². The Balaban J connectivity index is 2.81. The first-order valence-electron chi connectivity index (χ1n) is 3.26. The Morgan fingerprint density at radius 3 is 2.27 bits per heavy atom. The van der Waals surface area contributed by atoms with Gasteiger partial charge in [-0.2, -0.15) is 0 Å². The summed E-state index contributed by atoms with van der Waals surface area (Å²) in [5, 5.41) is 0.747. The van der Waals surface area contributed by atoms with Crippen molar-refractivity contribution in [3.8, 4) is 0 Å². The van der Waals surface area contributed by atoms with Crippen LogP contribution in [0.5, 0.6) is 0 Å². The van der Waals surface area contributed by atoms with E-state index in [-0.39, 0.29) is 0 Å². The second-order valence-electron chi connectivity index (χ2n) is 2.29.